The first kappa shape index (κ1) is 21.9. The average Bonchev–Trinajstić information content (AvgIpc) is 2.69. The van der Waals surface area contributed by atoms with Gasteiger partial charge in [-0.1, -0.05) is 29.3 Å². The van der Waals surface area contributed by atoms with Gasteiger partial charge in [-0.15, -0.1) is 0 Å². The molecule has 3 amide bonds. The zero-order valence-corrected chi connectivity index (χ0v) is 16.7. The summed E-state index contributed by atoms with van der Waals surface area (Å²) in [6.07, 6.45) is 1.33. The predicted molar refractivity (Wildman–Crippen MR) is 111 cm³/mol. The normalized spacial score (nSPS) is 10.4. The predicted octanol–water partition coefficient (Wildman–Crippen LogP) is 2.25. The van der Waals surface area contributed by atoms with Gasteiger partial charge < -0.3 is 15.4 Å². The average molecular weight is 417 g/mol. The molecular formula is C20H21ClN4O4. The zero-order valence-electron chi connectivity index (χ0n) is 16.0. The monoisotopic (exact) mass is 416 g/mol. The summed E-state index contributed by atoms with van der Waals surface area (Å²) in [6, 6.07) is 12.2. The van der Waals surface area contributed by atoms with Crippen molar-refractivity contribution < 1.29 is 19.1 Å². The van der Waals surface area contributed by atoms with E-state index < -0.39 is 11.8 Å². The van der Waals surface area contributed by atoms with Crippen molar-refractivity contribution in [2.24, 2.45) is 5.10 Å². The maximum Gasteiger partial charge on any atom is 0.329 e. The fourth-order valence-corrected chi connectivity index (χ4v) is 2.39. The number of hydrogen-bond donors (Lipinski definition) is 3. The quantitative estimate of drug-likeness (QED) is 0.365. The van der Waals surface area contributed by atoms with E-state index in [1.807, 2.05) is 19.1 Å². The van der Waals surface area contributed by atoms with Crippen LogP contribution < -0.4 is 20.8 Å². The summed E-state index contributed by atoms with van der Waals surface area (Å²) in [4.78, 5) is 34.7. The molecule has 0 heterocycles. The van der Waals surface area contributed by atoms with E-state index in [-0.39, 0.29) is 17.5 Å². The third-order valence-electron chi connectivity index (χ3n) is 3.57. The minimum absolute atomic E-state index is 0.205. The number of amides is 3. The molecule has 0 fully saturated rings. The summed E-state index contributed by atoms with van der Waals surface area (Å²) in [5.41, 5.74) is 4.45. The van der Waals surface area contributed by atoms with Gasteiger partial charge in [0.1, 0.15) is 5.75 Å². The smallest absolute Gasteiger partial charge is 0.329 e. The molecule has 0 aliphatic heterocycles. The van der Waals surface area contributed by atoms with E-state index in [4.69, 9.17) is 16.3 Å². The summed E-state index contributed by atoms with van der Waals surface area (Å²) in [5, 5.41) is 9.05. The van der Waals surface area contributed by atoms with Gasteiger partial charge >= 0.3 is 11.8 Å². The summed E-state index contributed by atoms with van der Waals surface area (Å²) in [7, 11) is 0. The highest BCUT2D eigenvalue weighted by molar-refractivity contribution is 6.35. The lowest BCUT2D eigenvalue weighted by atomic mass is 10.2. The van der Waals surface area contributed by atoms with Crippen LogP contribution in [0.2, 0.25) is 5.02 Å². The highest BCUT2D eigenvalue weighted by Gasteiger charge is 2.10. The van der Waals surface area contributed by atoms with Gasteiger partial charge in [0.2, 0.25) is 0 Å². The number of carbonyl (C=O) groups is 3. The van der Waals surface area contributed by atoms with Gasteiger partial charge in [-0.25, -0.2) is 5.43 Å². The molecule has 0 radical (unpaired) electrons. The lowest BCUT2D eigenvalue weighted by Gasteiger charge is -2.09. The number of halogens is 1. The minimum atomic E-state index is -0.867. The Balaban J connectivity index is 1.86. The van der Waals surface area contributed by atoms with Crippen LogP contribution in [-0.4, -0.2) is 37.1 Å². The highest BCUT2D eigenvalue weighted by Crippen LogP contribution is 2.25. The molecule has 0 saturated carbocycles. The van der Waals surface area contributed by atoms with Crippen LogP contribution in [0, 0.1) is 6.92 Å². The molecule has 0 atom stereocenters. The van der Waals surface area contributed by atoms with Gasteiger partial charge in [0.15, 0.2) is 6.61 Å². The molecule has 9 heteroatoms. The number of carbonyl (C=O) groups excluding carboxylic acids is 3. The fraction of sp³-hybridized carbons (Fsp3) is 0.200. The maximum absolute atomic E-state index is 12.0. The molecule has 0 aromatic heterocycles. The van der Waals surface area contributed by atoms with Gasteiger partial charge in [0.25, 0.3) is 5.91 Å². The Morgan fingerprint density at radius 1 is 1.10 bits per heavy atom. The van der Waals surface area contributed by atoms with Crippen LogP contribution in [0.1, 0.15) is 18.1 Å². The SMILES string of the molecule is CCNC(=O)C(=O)N/N=C\c1ccc(OCC(=O)Nc2ccc(C)cc2)c(Cl)c1. The Morgan fingerprint density at radius 2 is 1.83 bits per heavy atom. The molecule has 152 valence electrons. The summed E-state index contributed by atoms with van der Waals surface area (Å²) in [5.74, 6) is -1.62. The van der Waals surface area contributed by atoms with E-state index in [0.29, 0.717) is 23.5 Å². The van der Waals surface area contributed by atoms with Crippen LogP contribution >= 0.6 is 11.6 Å². The number of anilines is 1. The van der Waals surface area contributed by atoms with Crippen LogP contribution in [0.3, 0.4) is 0 Å². The van der Waals surface area contributed by atoms with Crippen molar-refractivity contribution >= 4 is 41.2 Å². The molecular weight excluding hydrogens is 396 g/mol. The van der Waals surface area contributed by atoms with Crippen molar-refractivity contribution in [2.75, 3.05) is 18.5 Å². The summed E-state index contributed by atoms with van der Waals surface area (Å²) < 4.78 is 5.44. The lowest BCUT2D eigenvalue weighted by Crippen LogP contribution is -2.37. The second kappa shape index (κ2) is 10.8. The molecule has 8 nitrogen and oxygen atoms in total. The van der Waals surface area contributed by atoms with Gasteiger partial charge in [0.05, 0.1) is 11.2 Å². The molecule has 29 heavy (non-hydrogen) atoms. The third kappa shape index (κ3) is 7.27. The molecule has 0 spiro atoms. The number of ether oxygens (including phenoxy) is 1. The Labute approximate surface area is 173 Å². The first-order chi connectivity index (χ1) is 13.9. The number of nitrogens with zero attached hydrogens (tertiary/aromatic N) is 1. The minimum Gasteiger partial charge on any atom is -0.482 e. The van der Waals surface area contributed by atoms with Gasteiger partial charge in [-0.2, -0.15) is 5.10 Å². The molecule has 0 bridgehead atoms. The largest absolute Gasteiger partial charge is 0.482 e. The van der Waals surface area contributed by atoms with E-state index in [0.717, 1.165) is 5.56 Å². The Bertz CT molecular complexity index is 913. The Kier molecular flexibility index (Phi) is 8.17. The van der Waals surface area contributed by atoms with E-state index >= 15 is 0 Å². The molecule has 0 aliphatic carbocycles. The van der Waals surface area contributed by atoms with Crippen LogP contribution in [0.25, 0.3) is 0 Å². The van der Waals surface area contributed by atoms with E-state index in [9.17, 15) is 14.4 Å². The van der Waals surface area contributed by atoms with Crippen molar-refractivity contribution in [3.05, 3.63) is 58.6 Å². The molecule has 2 aromatic rings. The number of benzene rings is 2. The third-order valence-corrected chi connectivity index (χ3v) is 3.87. The summed E-state index contributed by atoms with van der Waals surface area (Å²) in [6.45, 7) is 3.80. The van der Waals surface area contributed by atoms with Gasteiger partial charge in [-0.05, 0) is 49.7 Å². The second-order valence-electron chi connectivity index (χ2n) is 5.95. The zero-order chi connectivity index (χ0) is 21.2. The van der Waals surface area contributed by atoms with Crippen LogP contribution in [0.4, 0.5) is 5.69 Å². The first-order valence-corrected chi connectivity index (χ1v) is 9.17. The van der Waals surface area contributed by atoms with Gasteiger partial charge in [-0.3, -0.25) is 14.4 Å². The molecule has 2 aromatic carbocycles. The fourth-order valence-electron chi connectivity index (χ4n) is 2.15. The molecule has 0 unspecified atom stereocenters. The van der Waals surface area contributed by atoms with Crippen molar-refractivity contribution in [1.29, 1.82) is 0 Å². The van der Waals surface area contributed by atoms with E-state index in [2.05, 4.69) is 21.2 Å². The number of nitrogens with one attached hydrogen (secondary N) is 3. The van der Waals surface area contributed by atoms with Crippen LogP contribution in [0.5, 0.6) is 5.75 Å². The molecule has 0 saturated heterocycles. The first-order valence-electron chi connectivity index (χ1n) is 8.79. The summed E-state index contributed by atoms with van der Waals surface area (Å²) >= 11 is 6.15. The number of hydrogen-bond acceptors (Lipinski definition) is 5. The van der Waals surface area contributed by atoms with Gasteiger partial charge in [0, 0.05) is 12.2 Å². The maximum atomic E-state index is 12.0. The molecule has 2 rings (SSSR count). The van der Waals surface area contributed by atoms with Crippen molar-refractivity contribution in [2.45, 2.75) is 13.8 Å². The molecule has 0 aliphatic rings. The highest BCUT2D eigenvalue weighted by atomic mass is 35.5. The standard InChI is InChI=1S/C20H21ClN4O4/c1-3-22-19(27)20(28)25-23-11-14-6-9-17(16(21)10-14)29-12-18(26)24-15-7-4-13(2)5-8-15/h4-11H,3,12H2,1-2H3,(H,22,27)(H,24,26)(H,25,28)/b23-11-. The number of hydrazone groups is 1. The Hall–Kier alpha value is -3.39. The second-order valence-corrected chi connectivity index (χ2v) is 6.36. The van der Waals surface area contributed by atoms with E-state index in [1.54, 1.807) is 37.3 Å². The van der Waals surface area contributed by atoms with Crippen LogP contribution in [-0.2, 0) is 14.4 Å². The topological polar surface area (TPSA) is 109 Å². The van der Waals surface area contributed by atoms with Crippen LogP contribution in [0.15, 0.2) is 47.6 Å². The van der Waals surface area contributed by atoms with Crippen molar-refractivity contribution in [1.82, 2.24) is 10.7 Å². The van der Waals surface area contributed by atoms with E-state index in [1.165, 1.54) is 6.21 Å². The Morgan fingerprint density at radius 3 is 2.48 bits per heavy atom. The lowest BCUT2D eigenvalue weighted by molar-refractivity contribution is -0.139. The van der Waals surface area contributed by atoms with Crippen molar-refractivity contribution in [3.8, 4) is 5.75 Å². The molecule has 3 N–H and O–H groups in total. The number of rotatable bonds is 7. The number of likely N-dealkylation sites (N-methyl/N-ethyl adjacent to an activating group) is 1. The number of aryl methyl sites for hydroxylation is 1. The van der Waals surface area contributed by atoms with Crippen molar-refractivity contribution in [3.63, 3.8) is 0 Å².